The van der Waals surface area contributed by atoms with E-state index in [4.69, 9.17) is 0 Å². The lowest BCUT2D eigenvalue weighted by molar-refractivity contribution is 0.557. The highest BCUT2D eigenvalue weighted by molar-refractivity contribution is 5.42. The van der Waals surface area contributed by atoms with Crippen molar-refractivity contribution < 1.29 is 0 Å². The Bertz CT molecular complexity index is 280. The topological polar surface area (TPSA) is 15.8 Å². The maximum atomic E-state index is 3.20. The van der Waals surface area contributed by atoms with Gasteiger partial charge in [-0.05, 0) is 24.0 Å². The lowest BCUT2D eigenvalue weighted by atomic mass is 9.74. The third kappa shape index (κ3) is 0.609. The van der Waals surface area contributed by atoms with Crippen molar-refractivity contribution in [1.29, 1.82) is 0 Å². The quantitative estimate of drug-likeness (QED) is 0.540. The molecule has 1 N–H and O–H groups in total. The van der Waals surface area contributed by atoms with Crippen LogP contribution in [0.4, 0.5) is 0 Å². The van der Waals surface area contributed by atoms with Crippen molar-refractivity contribution in [3.05, 3.63) is 35.7 Å². The van der Waals surface area contributed by atoms with Gasteiger partial charge in [0.2, 0.25) is 0 Å². The molecule has 0 fully saturated rings. The van der Waals surface area contributed by atoms with Gasteiger partial charge in [-0.1, -0.05) is 12.2 Å². The third-order valence-electron chi connectivity index (χ3n) is 2.97. The van der Waals surface area contributed by atoms with Crippen molar-refractivity contribution in [3.8, 4) is 0 Å². The van der Waals surface area contributed by atoms with Crippen molar-refractivity contribution in [2.75, 3.05) is 0 Å². The van der Waals surface area contributed by atoms with Crippen molar-refractivity contribution >= 4 is 0 Å². The predicted molar refractivity (Wildman–Crippen MR) is 44.6 cm³/mol. The number of rotatable bonds is 0. The summed E-state index contributed by atoms with van der Waals surface area (Å²) in [5, 5.41) is 0. The first kappa shape index (κ1) is 5.64. The van der Waals surface area contributed by atoms with Crippen LogP contribution in [-0.4, -0.2) is 4.98 Å². The molecule has 0 amide bonds. The van der Waals surface area contributed by atoms with E-state index in [-0.39, 0.29) is 0 Å². The molecule has 11 heavy (non-hydrogen) atoms. The highest BCUT2D eigenvalue weighted by Gasteiger charge is 2.28. The summed E-state index contributed by atoms with van der Waals surface area (Å²) < 4.78 is 0. The number of aromatic nitrogens is 1. The minimum atomic E-state index is 0.723. The molecule has 1 aromatic heterocycles. The summed E-state index contributed by atoms with van der Waals surface area (Å²) in [7, 11) is 0. The molecule has 2 bridgehead atoms. The molecular formula is C10H11N. The molecule has 3 aliphatic carbocycles. The van der Waals surface area contributed by atoms with E-state index in [9.17, 15) is 0 Å². The Balaban J connectivity index is 2.25. The van der Waals surface area contributed by atoms with Crippen LogP contribution in [0.3, 0.4) is 0 Å². The van der Waals surface area contributed by atoms with E-state index < -0.39 is 0 Å². The van der Waals surface area contributed by atoms with Crippen LogP contribution < -0.4 is 0 Å². The van der Waals surface area contributed by atoms with Crippen LogP contribution in [0.5, 0.6) is 0 Å². The third-order valence-corrected chi connectivity index (χ3v) is 2.97. The Kier molecular flexibility index (Phi) is 0.916. The lowest BCUT2D eigenvalue weighted by Gasteiger charge is -2.30. The fourth-order valence-corrected chi connectivity index (χ4v) is 2.37. The molecule has 0 saturated heterocycles. The molecule has 0 spiro atoms. The highest BCUT2D eigenvalue weighted by atomic mass is 14.7. The number of nitrogens with one attached hydrogen (secondary N) is 1. The molecule has 1 aromatic rings. The SMILES string of the molecule is C1=C[C@H]2CC[C@@H]1c1c[nH]cc12. The van der Waals surface area contributed by atoms with Gasteiger partial charge in [-0.25, -0.2) is 0 Å². The standard InChI is InChI=1S/C10H11N/c1-2-8-4-3-7(1)9-5-11-6-10(8)9/h1-2,5-8,11H,3-4H2/t7-,8+. The van der Waals surface area contributed by atoms with E-state index in [0.717, 1.165) is 11.8 Å². The number of hydrogen-bond donors (Lipinski definition) is 1. The van der Waals surface area contributed by atoms with Gasteiger partial charge in [-0.3, -0.25) is 0 Å². The van der Waals surface area contributed by atoms with Gasteiger partial charge in [-0.2, -0.15) is 0 Å². The zero-order valence-corrected chi connectivity index (χ0v) is 6.38. The van der Waals surface area contributed by atoms with Gasteiger partial charge >= 0.3 is 0 Å². The summed E-state index contributed by atoms with van der Waals surface area (Å²) >= 11 is 0. The Morgan fingerprint density at radius 2 is 1.55 bits per heavy atom. The van der Waals surface area contributed by atoms with E-state index in [2.05, 4.69) is 29.5 Å². The fraction of sp³-hybridized carbons (Fsp3) is 0.400. The fourth-order valence-electron chi connectivity index (χ4n) is 2.37. The number of fused-ring (bicyclic) bond motifs is 1. The molecule has 0 aliphatic heterocycles. The van der Waals surface area contributed by atoms with Gasteiger partial charge in [0.15, 0.2) is 0 Å². The zero-order valence-electron chi connectivity index (χ0n) is 6.38. The highest BCUT2D eigenvalue weighted by Crippen LogP contribution is 2.44. The molecule has 3 aliphatic rings. The summed E-state index contributed by atoms with van der Waals surface area (Å²) in [6.07, 6.45) is 11.8. The molecule has 4 rings (SSSR count). The maximum absolute atomic E-state index is 3.20. The number of aromatic amines is 1. The molecule has 1 heteroatoms. The second-order valence-corrected chi connectivity index (χ2v) is 3.54. The van der Waals surface area contributed by atoms with E-state index >= 15 is 0 Å². The number of hydrogen-bond acceptors (Lipinski definition) is 0. The Labute approximate surface area is 66.1 Å². The molecule has 1 heterocycles. The number of allylic oxidation sites excluding steroid dienone is 2. The van der Waals surface area contributed by atoms with E-state index in [1.54, 1.807) is 11.1 Å². The van der Waals surface area contributed by atoms with Gasteiger partial charge in [0.1, 0.15) is 0 Å². The Morgan fingerprint density at radius 3 is 2.00 bits per heavy atom. The summed E-state index contributed by atoms with van der Waals surface area (Å²) in [6.45, 7) is 0. The van der Waals surface area contributed by atoms with Crippen LogP contribution in [-0.2, 0) is 0 Å². The van der Waals surface area contributed by atoms with Gasteiger partial charge in [-0.15, -0.1) is 0 Å². The molecule has 0 saturated carbocycles. The molecule has 0 radical (unpaired) electrons. The van der Waals surface area contributed by atoms with Crippen molar-refractivity contribution in [1.82, 2.24) is 4.98 Å². The summed E-state index contributed by atoms with van der Waals surface area (Å²) in [5.74, 6) is 1.45. The van der Waals surface area contributed by atoms with Gasteiger partial charge < -0.3 is 4.98 Å². The predicted octanol–water partition coefficient (Wildman–Crippen LogP) is 2.55. The second kappa shape index (κ2) is 1.79. The van der Waals surface area contributed by atoms with Crippen LogP contribution >= 0.6 is 0 Å². The molecule has 1 nitrogen and oxygen atoms in total. The first-order valence-electron chi connectivity index (χ1n) is 4.30. The molecule has 0 aromatic carbocycles. The van der Waals surface area contributed by atoms with Crippen LogP contribution in [0.15, 0.2) is 24.5 Å². The molecular weight excluding hydrogens is 134 g/mol. The largest absolute Gasteiger partial charge is 0.367 e. The van der Waals surface area contributed by atoms with Crippen LogP contribution in [0.25, 0.3) is 0 Å². The minimum absolute atomic E-state index is 0.723. The van der Waals surface area contributed by atoms with Crippen LogP contribution in [0.1, 0.15) is 35.8 Å². The average molecular weight is 145 g/mol. The smallest absolute Gasteiger partial charge is 0.00464 e. The first-order chi connectivity index (χ1) is 5.45. The van der Waals surface area contributed by atoms with E-state index in [1.165, 1.54) is 12.8 Å². The summed E-state index contributed by atoms with van der Waals surface area (Å²) in [4.78, 5) is 3.20. The van der Waals surface area contributed by atoms with E-state index in [0.29, 0.717) is 0 Å². The zero-order chi connectivity index (χ0) is 7.26. The monoisotopic (exact) mass is 145 g/mol. The van der Waals surface area contributed by atoms with Gasteiger partial charge in [0.05, 0.1) is 0 Å². The van der Waals surface area contributed by atoms with Gasteiger partial charge in [0, 0.05) is 24.2 Å². The summed E-state index contributed by atoms with van der Waals surface area (Å²) in [5.41, 5.74) is 3.09. The Morgan fingerprint density at radius 1 is 1.00 bits per heavy atom. The van der Waals surface area contributed by atoms with Gasteiger partial charge in [0.25, 0.3) is 0 Å². The normalized spacial score (nSPS) is 32.4. The molecule has 0 unspecified atom stereocenters. The van der Waals surface area contributed by atoms with Crippen LogP contribution in [0.2, 0.25) is 0 Å². The van der Waals surface area contributed by atoms with Crippen molar-refractivity contribution in [2.45, 2.75) is 24.7 Å². The van der Waals surface area contributed by atoms with Crippen molar-refractivity contribution in [2.24, 2.45) is 0 Å². The molecule has 56 valence electrons. The van der Waals surface area contributed by atoms with Crippen molar-refractivity contribution in [3.63, 3.8) is 0 Å². The molecule has 2 atom stereocenters. The average Bonchev–Trinajstić information content (AvgIpc) is 2.55. The lowest BCUT2D eigenvalue weighted by Crippen LogP contribution is -2.14. The number of H-pyrrole nitrogens is 1. The second-order valence-electron chi connectivity index (χ2n) is 3.54. The first-order valence-corrected chi connectivity index (χ1v) is 4.30. The minimum Gasteiger partial charge on any atom is -0.367 e. The summed E-state index contributed by atoms with van der Waals surface area (Å²) in [6, 6.07) is 0. The maximum Gasteiger partial charge on any atom is 0.00464 e. The van der Waals surface area contributed by atoms with E-state index in [1.807, 2.05) is 0 Å². The van der Waals surface area contributed by atoms with Crippen LogP contribution in [0, 0.1) is 0 Å². The Hall–Kier alpha value is -0.980.